The third-order valence-corrected chi connectivity index (χ3v) is 5.19. The summed E-state index contributed by atoms with van der Waals surface area (Å²) in [6.45, 7) is 2.19. The van der Waals surface area contributed by atoms with Gasteiger partial charge in [0.15, 0.2) is 0 Å². The number of aromatic nitrogens is 1. The Morgan fingerprint density at radius 2 is 2.36 bits per heavy atom. The molecule has 22 heavy (non-hydrogen) atoms. The minimum Gasteiger partial charge on any atom is -0.390 e. The maximum atomic E-state index is 12.0. The van der Waals surface area contributed by atoms with E-state index in [9.17, 15) is 9.90 Å². The van der Waals surface area contributed by atoms with Gasteiger partial charge in [0.05, 0.1) is 29.8 Å². The van der Waals surface area contributed by atoms with Crippen LogP contribution in [-0.4, -0.2) is 46.1 Å². The topological polar surface area (TPSA) is 65.5 Å². The van der Waals surface area contributed by atoms with E-state index in [1.165, 1.54) is 0 Å². The molecule has 3 rings (SSSR count). The largest absolute Gasteiger partial charge is 0.390 e. The molecule has 0 aromatic carbocycles. The zero-order chi connectivity index (χ0) is 15.4. The van der Waals surface area contributed by atoms with Gasteiger partial charge in [0.1, 0.15) is 0 Å². The number of nitrogens with zero attached hydrogens (tertiary/aromatic N) is 2. The quantitative estimate of drug-likeness (QED) is 0.868. The van der Waals surface area contributed by atoms with Gasteiger partial charge in [0.2, 0.25) is 5.91 Å². The summed E-state index contributed by atoms with van der Waals surface area (Å²) >= 11 is 3.17. The van der Waals surface area contributed by atoms with Crippen LogP contribution in [0.1, 0.15) is 17.7 Å². The van der Waals surface area contributed by atoms with E-state index in [2.05, 4.69) is 15.2 Å². The number of aliphatic hydroxyl groups is 1. The Hall–Kier alpha value is -1.28. The summed E-state index contributed by atoms with van der Waals surface area (Å²) in [4.78, 5) is 18.5. The molecule has 0 aliphatic carbocycles. The average molecular weight is 337 g/mol. The summed E-state index contributed by atoms with van der Waals surface area (Å²) in [5.74, 6) is -0.0181. The van der Waals surface area contributed by atoms with Crippen LogP contribution >= 0.6 is 22.7 Å². The van der Waals surface area contributed by atoms with E-state index in [0.717, 1.165) is 30.8 Å². The van der Waals surface area contributed by atoms with Crippen molar-refractivity contribution < 1.29 is 9.90 Å². The number of thiazole rings is 1. The molecule has 1 amide bonds. The second kappa shape index (κ2) is 7.32. The molecule has 0 saturated carbocycles. The van der Waals surface area contributed by atoms with Crippen LogP contribution in [0.4, 0.5) is 0 Å². The molecule has 1 aliphatic rings. The molecule has 1 aliphatic heterocycles. The van der Waals surface area contributed by atoms with Crippen LogP contribution in [0.15, 0.2) is 27.7 Å². The van der Waals surface area contributed by atoms with Crippen molar-refractivity contribution in [2.45, 2.75) is 31.5 Å². The SMILES string of the molecule is O=C(Cc1ccsc1)N[C@@H]1CCN(Cc2cscn2)C[C@H]1O. The van der Waals surface area contributed by atoms with Crippen molar-refractivity contribution in [3.63, 3.8) is 0 Å². The van der Waals surface area contributed by atoms with E-state index in [1.807, 2.05) is 27.7 Å². The number of hydrogen-bond donors (Lipinski definition) is 2. The monoisotopic (exact) mass is 337 g/mol. The van der Waals surface area contributed by atoms with Crippen LogP contribution < -0.4 is 5.32 Å². The summed E-state index contributed by atoms with van der Waals surface area (Å²) in [6, 6.07) is 1.80. The van der Waals surface area contributed by atoms with Gasteiger partial charge in [-0.05, 0) is 28.8 Å². The standard InChI is InChI=1S/C15H19N3O2S2/c19-14-7-18(6-12-9-22-10-16-12)3-1-13(14)17-15(20)5-11-2-4-21-8-11/h2,4,8-10,13-14,19H,1,3,5-7H2,(H,17,20)/t13-,14-/m1/s1. The predicted octanol–water partition coefficient (Wildman–Crippen LogP) is 1.50. The van der Waals surface area contributed by atoms with Crippen molar-refractivity contribution in [3.8, 4) is 0 Å². The van der Waals surface area contributed by atoms with Gasteiger partial charge in [-0.1, -0.05) is 0 Å². The van der Waals surface area contributed by atoms with Crippen LogP contribution in [0.25, 0.3) is 0 Å². The number of carbonyl (C=O) groups excluding carboxylic acids is 1. The van der Waals surface area contributed by atoms with Crippen molar-refractivity contribution in [2.75, 3.05) is 13.1 Å². The minimum atomic E-state index is -0.529. The van der Waals surface area contributed by atoms with Crippen molar-refractivity contribution in [1.82, 2.24) is 15.2 Å². The molecular formula is C15H19N3O2S2. The average Bonchev–Trinajstić information content (AvgIpc) is 3.15. The number of piperidine rings is 1. The smallest absolute Gasteiger partial charge is 0.224 e. The van der Waals surface area contributed by atoms with Crippen molar-refractivity contribution in [3.05, 3.63) is 39.0 Å². The van der Waals surface area contributed by atoms with Crippen molar-refractivity contribution >= 4 is 28.6 Å². The Balaban J connectivity index is 1.47. The predicted molar refractivity (Wildman–Crippen MR) is 88.0 cm³/mol. The third kappa shape index (κ3) is 4.13. The van der Waals surface area contributed by atoms with Crippen LogP contribution in [0.2, 0.25) is 0 Å². The zero-order valence-corrected chi connectivity index (χ0v) is 13.8. The summed E-state index contributed by atoms with van der Waals surface area (Å²) < 4.78 is 0. The molecule has 5 nitrogen and oxygen atoms in total. The maximum Gasteiger partial charge on any atom is 0.224 e. The maximum absolute atomic E-state index is 12.0. The molecule has 0 bridgehead atoms. The molecule has 1 saturated heterocycles. The van der Waals surface area contributed by atoms with Gasteiger partial charge >= 0.3 is 0 Å². The van der Waals surface area contributed by atoms with E-state index in [-0.39, 0.29) is 11.9 Å². The first-order valence-corrected chi connectivity index (χ1v) is 9.17. The first kappa shape index (κ1) is 15.6. The first-order valence-electron chi connectivity index (χ1n) is 7.28. The highest BCUT2D eigenvalue weighted by Gasteiger charge is 2.28. The van der Waals surface area contributed by atoms with Crippen molar-refractivity contribution in [2.24, 2.45) is 0 Å². The summed E-state index contributed by atoms with van der Waals surface area (Å²) in [5.41, 5.74) is 3.89. The number of β-amino-alcohol motifs (C(OH)–C–C–N with tert-alkyl or cyclic N) is 1. The lowest BCUT2D eigenvalue weighted by Crippen LogP contribution is -2.54. The fourth-order valence-electron chi connectivity index (χ4n) is 2.69. The van der Waals surface area contributed by atoms with Crippen LogP contribution in [0.5, 0.6) is 0 Å². The van der Waals surface area contributed by atoms with E-state index in [1.54, 1.807) is 22.7 Å². The molecular weight excluding hydrogens is 318 g/mol. The number of amides is 1. The van der Waals surface area contributed by atoms with Gasteiger partial charge < -0.3 is 10.4 Å². The molecule has 3 heterocycles. The minimum absolute atomic E-state index is 0.0181. The van der Waals surface area contributed by atoms with E-state index in [4.69, 9.17) is 0 Å². The van der Waals surface area contributed by atoms with Gasteiger partial charge in [0.25, 0.3) is 0 Å². The number of hydrogen-bond acceptors (Lipinski definition) is 6. The molecule has 0 unspecified atom stereocenters. The lowest BCUT2D eigenvalue weighted by Gasteiger charge is -2.35. The normalized spacial score (nSPS) is 22.6. The highest BCUT2D eigenvalue weighted by molar-refractivity contribution is 7.08. The second-order valence-corrected chi connectivity index (χ2v) is 7.05. The molecule has 2 aromatic rings. The van der Waals surface area contributed by atoms with E-state index in [0.29, 0.717) is 13.0 Å². The number of likely N-dealkylation sites (tertiary alicyclic amines) is 1. The molecule has 2 N–H and O–H groups in total. The number of nitrogens with one attached hydrogen (secondary N) is 1. The van der Waals surface area contributed by atoms with Crippen LogP contribution in [-0.2, 0) is 17.8 Å². The van der Waals surface area contributed by atoms with Crippen LogP contribution in [0, 0.1) is 0 Å². The highest BCUT2D eigenvalue weighted by Crippen LogP contribution is 2.15. The Bertz CT molecular complexity index is 586. The molecule has 2 atom stereocenters. The Morgan fingerprint density at radius 3 is 3.05 bits per heavy atom. The van der Waals surface area contributed by atoms with Crippen molar-refractivity contribution in [1.29, 1.82) is 0 Å². The van der Waals surface area contributed by atoms with Gasteiger partial charge in [0, 0.05) is 25.0 Å². The van der Waals surface area contributed by atoms with Gasteiger partial charge in [-0.15, -0.1) is 11.3 Å². The Kier molecular flexibility index (Phi) is 5.20. The number of rotatable bonds is 5. The molecule has 1 fully saturated rings. The second-order valence-electron chi connectivity index (χ2n) is 5.55. The van der Waals surface area contributed by atoms with Gasteiger partial charge in [-0.2, -0.15) is 11.3 Å². The molecule has 2 aromatic heterocycles. The highest BCUT2D eigenvalue weighted by atomic mass is 32.1. The fraction of sp³-hybridized carbons (Fsp3) is 0.467. The first-order chi connectivity index (χ1) is 10.7. The Labute approximate surface area is 137 Å². The molecule has 7 heteroatoms. The molecule has 118 valence electrons. The summed E-state index contributed by atoms with van der Waals surface area (Å²) in [7, 11) is 0. The number of aliphatic hydroxyl groups excluding tert-OH is 1. The zero-order valence-electron chi connectivity index (χ0n) is 12.1. The Morgan fingerprint density at radius 1 is 1.45 bits per heavy atom. The lowest BCUT2D eigenvalue weighted by molar-refractivity contribution is -0.122. The molecule has 0 spiro atoms. The lowest BCUT2D eigenvalue weighted by atomic mass is 10.0. The molecule has 0 radical (unpaired) electrons. The number of thiophene rings is 1. The van der Waals surface area contributed by atoms with Gasteiger partial charge in [-0.3, -0.25) is 9.69 Å². The van der Waals surface area contributed by atoms with Crippen LogP contribution in [0.3, 0.4) is 0 Å². The summed E-state index contributed by atoms with van der Waals surface area (Å²) in [5, 5.41) is 19.2. The third-order valence-electron chi connectivity index (χ3n) is 3.83. The summed E-state index contributed by atoms with van der Waals surface area (Å²) in [6.07, 6.45) is 0.620. The van der Waals surface area contributed by atoms with E-state index < -0.39 is 6.10 Å². The van der Waals surface area contributed by atoms with Gasteiger partial charge in [-0.25, -0.2) is 4.98 Å². The van der Waals surface area contributed by atoms with E-state index >= 15 is 0 Å². The number of carbonyl (C=O) groups is 1. The fourth-order valence-corrected chi connectivity index (χ4v) is 3.91.